The zero-order chi connectivity index (χ0) is 18.4. The number of anilines is 1. The molecular weight excluding hydrogens is 326 g/mol. The number of rotatable bonds is 7. The van der Waals surface area contributed by atoms with Crippen LogP contribution >= 0.6 is 0 Å². The molecular formula is C20H23N5O. The van der Waals surface area contributed by atoms with E-state index in [1.54, 1.807) is 29.5 Å². The van der Waals surface area contributed by atoms with Gasteiger partial charge >= 0.3 is 0 Å². The SMILES string of the molecule is C[C@@H](C(=O)NCc1cccnc1N(C)Cc1ccccc1)n1ccnc1. The number of imidazole rings is 1. The number of nitrogens with zero attached hydrogens (tertiary/aromatic N) is 4. The number of nitrogens with one attached hydrogen (secondary N) is 1. The minimum absolute atomic E-state index is 0.0523. The molecule has 3 rings (SSSR count). The molecule has 2 heterocycles. The topological polar surface area (TPSA) is 63.1 Å². The number of hydrogen-bond donors (Lipinski definition) is 1. The maximum absolute atomic E-state index is 12.4. The molecule has 2 aromatic heterocycles. The van der Waals surface area contributed by atoms with Crippen molar-refractivity contribution in [1.82, 2.24) is 19.9 Å². The van der Waals surface area contributed by atoms with Gasteiger partial charge in [0.1, 0.15) is 11.9 Å². The second-order valence-corrected chi connectivity index (χ2v) is 6.23. The highest BCUT2D eigenvalue weighted by atomic mass is 16.2. The number of carbonyl (C=O) groups excluding carboxylic acids is 1. The summed E-state index contributed by atoms with van der Waals surface area (Å²) >= 11 is 0. The molecule has 3 aromatic rings. The van der Waals surface area contributed by atoms with Gasteiger partial charge in [-0.05, 0) is 18.6 Å². The third-order valence-electron chi connectivity index (χ3n) is 4.30. The molecule has 0 saturated heterocycles. The zero-order valence-corrected chi connectivity index (χ0v) is 15.0. The van der Waals surface area contributed by atoms with Crippen LogP contribution in [0.2, 0.25) is 0 Å². The molecule has 0 saturated carbocycles. The van der Waals surface area contributed by atoms with Gasteiger partial charge in [0.05, 0.1) is 6.33 Å². The Morgan fingerprint density at radius 3 is 2.73 bits per heavy atom. The maximum atomic E-state index is 12.4. The van der Waals surface area contributed by atoms with Crippen molar-refractivity contribution in [1.29, 1.82) is 0 Å². The standard InChI is InChI=1S/C20H23N5O/c1-16(25-12-11-21-15-25)20(26)23-13-18-9-6-10-22-19(18)24(2)14-17-7-4-3-5-8-17/h3-12,15-16H,13-14H2,1-2H3,(H,23,26)/t16-/m0/s1. The molecule has 0 aliphatic rings. The Balaban J connectivity index is 1.66. The van der Waals surface area contributed by atoms with Crippen LogP contribution in [0.1, 0.15) is 24.1 Å². The van der Waals surface area contributed by atoms with E-state index in [-0.39, 0.29) is 11.9 Å². The van der Waals surface area contributed by atoms with Crippen molar-refractivity contribution in [2.75, 3.05) is 11.9 Å². The van der Waals surface area contributed by atoms with E-state index in [4.69, 9.17) is 0 Å². The Morgan fingerprint density at radius 1 is 1.19 bits per heavy atom. The van der Waals surface area contributed by atoms with E-state index >= 15 is 0 Å². The zero-order valence-electron chi connectivity index (χ0n) is 15.0. The van der Waals surface area contributed by atoms with E-state index in [9.17, 15) is 4.79 Å². The summed E-state index contributed by atoms with van der Waals surface area (Å²) in [6.45, 7) is 3.03. The molecule has 0 radical (unpaired) electrons. The summed E-state index contributed by atoms with van der Waals surface area (Å²) in [5, 5.41) is 2.99. The largest absolute Gasteiger partial charge is 0.355 e. The van der Waals surface area contributed by atoms with Gasteiger partial charge in [-0.15, -0.1) is 0 Å². The number of carbonyl (C=O) groups is 1. The molecule has 0 fully saturated rings. The fourth-order valence-corrected chi connectivity index (χ4v) is 2.81. The van der Waals surface area contributed by atoms with Crippen molar-refractivity contribution in [3.05, 3.63) is 78.5 Å². The summed E-state index contributed by atoms with van der Waals surface area (Å²) < 4.78 is 1.78. The van der Waals surface area contributed by atoms with Crippen molar-refractivity contribution in [2.45, 2.75) is 26.1 Å². The maximum Gasteiger partial charge on any atom is 0.243 e. The molecule has 0 unspecified atom stereocenters. The lowest BCUT2D eigenvalue weighted by atomic mass is 10.2. The summed E-state index contributed by atoms with van der Waals surface area (Å²) in [6.07, 6.45) is 6.87. The average molecular weight is 349 g/mol. The number of pyridine rings is 1. The Hall–Kier alpha value is -3.15. The van der Waals surface area contributed by atoms with Crippen LogP contribution < -0.4 is 10.2 Å². The van der Waals surface area contributed by atoms with E-state index in [2.05, 4.69) is 32.3 Å². The van der Waals surface area contributed by atoms with Gasteiger partial charge in [-0.25, -0.2) is 9.97 Å². The van der Waals surface area contributed by atoms with E-state index in [0.717, 1.165) is 17.9 Å². The van der Waals surface area contributed by atoms with Gasteiger partial charge in [-0.3, -0.25) is 4.79 Å². The minimum atomic E-state index is -0.306. The lowest BCUT2D eigenvalue weighted by Crippen LogP contribution is -2.31. The number of hydrogen-bond acceptors (Lipinski definition) is 4. The summed E-state index contributed by atoms with van der Waals surface area (Å²) in [6, 6.07) is 13.8. The number of aromatic nitrogens is 3. The second-order valence-electron chi connectivity index (χ2n) is 6.23. The van der Waals surface area contributed by atoms with E-state index in [0.29, 0.717) is 6.54 Å². The van der Waals surface area contributed by atoms with Gasteiger partial charge in [-0.1, -0.05) is 36.4 Å². The van der Waals surface area contributed by atoms with Crippen molar-refractivity contribution in [2.24, 2.45) is 0 Å². The van der Waals surface area contributed by atoms with Gasteiger partial charge in [0.25, 0.3) is 0 Å². The molecule has 0 aliphatic heterocycles. The average Bonchev–Trinajstić information content (AvgIpc) is 3.21. The number of benzene rings is 1. The minimum Gasteiger partial charge on any atom is -0.355 e. The van der Waals surface area contributed by atoms with Crippen molar-refractivity contribution >= 4 is 11.7 Å². The predicted octanol–water partition coefficient (Wildman–Crippen LogP) is 2.79. The normalized spacial score (nSPS) is 11.8. The van der Waals surface area contributed by atoms with Gasteiger partial charge in [0, 0.05) is 44.3 Å². The summed E-state index contributed by atoms with van der Waals surface area (Å²) in [7, 11) is 2.01. The van der Waals surface area contributed by atoms with E-state index in [1.807, 2.05) is 44.3 Å². The number of amides is 1. The lowest BCUT2D eigenvalue weighted by Gasteiger charge is -2.22. The first-order valence-electron chi connectivity index (χ1n) is 8.59. The summed E-state index contributed by atoms with van der Waals surface area (Å²) in [4.78, 5) is 23.0. The molecule has 1 atom stereocenters. The Labute approximate surface area is 153 Å². The van der Waals surface area contributed by atoms with Crippen LogP contribution in [0.25, 0.3) is 0 Å². The fraction of sp³-hybridized carbons (Fsp3) is 0.250. The van der Waals surface area contributed by atoms with Crippen LogP contribution in [0.4, 0.5) is 5.82 Å². The second kappa shape index (κ2) is 8.29. The van der Waals surface area contributed by atoms with Crippen LogP contribution in [-0.4, -0.2) is 27.5 Å². The quantitative estimate of drug-likeness (QED) is 0.712. The molecule has 1 N–H and O–H groups in total. The van der Waals surface area contributed by atoms with E-state index in [1.165, 1.54) is 5.56 Å². The summed E-state index contributed by atoms with van der Waals surface area (Å²) in [5.74, 6) is 0.815. The van der Waals surface area contributed by atoms with Crippen LogP contribution in [0.15, 0.2) is 67.4 Å². The van der Waals surface area contributed by atoms with Crippen molar-refractivity contribution in [3.8, 4) is 0 Å². The van der Waals surface area contributed by atoms with Crippen LogP contribution in [-0.2, 0) is 17.9 Å². The first-order chi connectivity index (χ1) is 12.6. The molecule has 6 heteroatoms. The highest BCUT2D eigenvalue weighted by Gasteiger charge is 2.15. The first kappa shape index (κ1) is 17.7. The van der Waals surface area contributed by atoms with E-state index < -0.39 is 0 Å². The molecule has 0 bridgehead atoms. The molecule has 6 nitrogen and oxygen atoms in total. The highest BCUT2D eigenvalue weighted by molar-refractivity contribution is 5.80. The monoisotopic (exact) mass is 349 g/mol. The molecule has 26 heavy (non-hydrogen) atoms. The van der Waals surface area contributed by atoms with Crippen molar-refractivity contribution in [3.63, 3.8) is 0 Å². The fourth-order valence-electron chi connectivity index (χ4n) is 2.81. The third-order valence-corrected chi connectivity index (χ3v) is 4.30. The first-order valence-corrected chi connectivity index (χ1v) is 8.59. The Bertz CT molecular complexity index is 832. The molecule has 0 aliphatic carbocycles. The lowest BCUT2D eigenvalue weighted by molar-refractivity contribution is -0.124. The third kappa shape index (κ3) is 4.27. The van der Waals surface area contributed by atoms with Gasteiger partial charge < -0.3 is 14.8 Å². The predicted molar refractivity (Wildman–Crippen MR) is 102 cm³/mol. The molecule has 0 spiro atoms. The summed E-state index contributed by atoms with van der Waals surface area (Å²) in [5.41, 5.74) is 2.20. The smallest absolute Gasteiger partial charge is 0.243 e. The van der Waals surface area contributed by atoms with Crippen LogP contribution in [0, 0.1) is 0 Å². The van der Waals surface area contributed by atoms with Gasteiger partial charge in [-0.2, -0.15) is 0 Å². The van der Waals surface area contributed by atoms with Crippen LogP contribution in [0.5, 0.6) is 0 Å². The molecule has 1 amide bonds. The van der Waals surface area contributed by atoms with Crippen molar-refractivity contribution < 1.29 is 4.79 Å². The van der Waals surface area contributed by atoms with Gasteiger partial charge in [0.2, 0.25) is 5.91 Å². The van der Waals surface area contributed by atoms with Gasteiger partial charge in [0.15, 0.2) is 0 Å². The van der Waals surface area contributed by atoms with Crippen LogP contribution in [0.3, 0.4) is 0 Å². The highest BCUT2D eigenvalue weighted by Crippen LogP contribution is 2.18. The Morgan fingerprint density at radius 2 is 2.00 bits per heavy atom. The Kier molecular flexibility index (Phi) is 5.63. The molecule has 134 valence electrons. The molecule has 1 aromatic carbocycles.